The minimum absolute atomic E-state index is 0.295. The van der Waals surface area contributed by atoms with E-state index >= 15 is 0 Å². The first-order valence-corrected chi connectivity index (χ1v) is 8.76. The lowest BCUT2D eigenvalue weighted by Gasteiger charge is -2.58. The third-order valence-electron chi connectivity index (χ3n) is 6.30. The number of amides is 1. The van der Waals surface area contributed by atoms with Crippen LogP contribution in [-0.2, 0) is 16.6 Å². The molecule has 2 fully saturated rings. The van der Waals surface area contributed by atoms with Gasteiger partial charge < -0.3 is 9.64 Å². The van der Waals surface area contributed by atoms with Gasteiger partial charge in [-0.2, -0.15) is 0 Å². The summed E-state index contributed by atoms with van der Waals surface area (Å²) in [5, 5.41) is 0. The maximum atomic E-state index is 11.5. The number of ether oxygens (including phenoxy) is 1. The lowest BCUT2D eigenvalue weighted by Crippen LogP contribution is -2.60. The predicted octanol–water partition coefficient (Wildman–Crippen LogP) is 3.30. The van der Waals surface area contributed by atoms with Crippen molar-refractivity contribution < 1.29 is 9.53 Å². The third kappa shape index (κ3) is 1.90. The van der Waals surface area contributed by atoms with Crippen LogP contribution in [0, 0.1) is 5.92 Å². The van der Waals surface area contributed by atoms with E-state index in [0.717, 1.165) is 38.2 Å². The second kappa shape index (κ2) is 5.29. The van der Waals surface area contributed by atoms with E-state index in [1.807, 2.05) is 6.92 Å². The molecule has 1 saturated carbocycles. The monoisotopic (exact) mass is 299 g/mol. The van der Waals surface area contributed by atoms with Gasteiger partial charge in [0, 0.05) is 18.0 Å². The molecule has 118 valence electrons. The quantitative estimate of drug-likeness (QED) is 0.802. The zero-order valence-electron chi connectivity index (χ0n) is 13.4. The lowest BCUT2D eigenvalue weighted by molar-refractivity contribution is -0.126. The fourth-order valence-electron chi connectivity index (χ4n) is 5.40. The van der Waals surface area contributed by atoms with Crippen LogP contribution in [0.2, 0.25) is 0 Å². The van der Waals surface area contributed by atoms with Gasteiger partial charge in [-0.3, -0.25) is 4.79 Å². The van der Waals surface area contributed by atoms with E-state index < -0.39 is 0 Å². The molecule has 1 aliphatic heterocycles. The van der Waals surface area contributed by atoms with Crippen molar-refractivity contribution in [1.29, 1.82) is 0 Å². The Kier molecular flexibility index (Phi) is 3.39. The Balaban J connectivity index is 1.82. The molecule has 3 aliphatic rings. The Morgan fingerprint density at radius 1 is 1.36 bits per heavy atom. The molecule has 2 bridgehead atoms. The summed E-state index contributed by atoms with van der Waals surface area (Å²) in [6.07, 6.45) is 8.42. The summed E-state index contributed by atoms with van der Waals surface area (Å²) >= 11 is 0. The average molecular weight is 299 g/mol. The highest BCUT2D eigenvalue weighted by atomic mass is 16.5. The van der Waals surface area contributed by atoms with Gasteiger partial charge >= 0.3 is 0 Å². The number of nitrogens with zero attached hydrogens (tertiary/aromatic N) is 1. The number of carbonyl (C=O) groups is 1. The summed E-state index contributed by atoms with van der Waals surface area (Å²) in [7, 11) is 0. The van der Waals surface area contributed by atoms with E-state index in [0.29, 0.717) is 17.4 Å². The summed E-state index contributed by atoms with van der Waals surface area (Å²) in [5.41, 5.74) is 3.27. The normalized spacial score (nSPS) is 32.9. The number of hydrogen-bond donors (Lipinski definition) is 0. The molecule has 0 radical (unpaired) electrons. The number of hydrogen-bond acceptors (Lipinski definition) is 2. The predicted molar refractivity (Wildman–Crippen MR) is 86.1 cm³/mol. The van der Waals surface area contributed by atoms with Gasteiger partial charge in [0.1, 0.15) is 5.75 Å². The highest BCUT2D eigenvalue weighted by Gasteiger charge is 2.53. The largest absolute Gasteiger partial charge is 0.494 e. The van der Waals surface area contributed by atoms with Crippen LogP contribution in [0.25, 0.3) is 0 Å². The van der Waals surface area contributed by atoms with E-state index in [9.17, 15) is 4.79 Å². The Morgan fingerprint density at radius 3 is 3.09 bits per heavy atom. The van der Waals surface area contributed by atoms with Crippen LogP contribution < -0.4 is 4.74 Å². The van der Waals surface area contributed by atoms with E-state index in [2.05, 4.69) is 23.1 Å². The van der Waals surface area contributed by atoms with Crippen molar-refractivity contribution in [2.24, 2.45) is 5.92 Å². The number of likely N-dealkylation sites (tertiary alicyclic amines) is 1. The number of rotatable bonds is 3. The van der Waals surface area contributed by atoms with Crippen LogP contribution in [0.15, 0.2) is 18.2 Å². The summed E-state index contributed by atoms with van der Waals surface area (Å²) in [6, 6.07) is 7.07. The molecular weight excluding hydrogens is 274 g/mol. The standard InChI is InChI=1S/C19H25NO2/c1-2-22-15-7-6-14-11-18-16-5-3-4-8-19(16,17(14)12-15)9-10-20(18)13-21/h6-7,12-13,16,18H,2-5,8-11H2,1H3/t16?,18-,19-/m1/s1. The first kappa shape index (κ1) is 14.1. The van der Waals surface area contributed by atoms with Crippen LogP contribution in [-0.4, -0.2) is 30.5 Å². The molecule has 3 heteroatoms. The molecule has 3 nitrogen and oxygen atoms in total. The molecular formula is C19H25NO2. The highest BCUT2D eigenvalue weighted by Crippen LogP contribution is 2.55. The van der Waals surface area contributed by atoms with Gasteiger partial charge in [-0.1, -0.05) is 18.9 Å². The van der Waals surface area contributed by atoms with E-state index in [1.54, 1.807) is 0 Å². The Labute approximate surface area is 132 Å². The first-order valence-electron chi connectivity index (χ1n) is 8.76. The zero-order valence-corrected chi connectivity index (χ0v) is 13.4. The molecule has 1 saturated heterocycles. The second-order valence-corrected chi connectivity index (χ2v) is 7.13. The fourth-order valence-corrected chi connectivity index (χ4v) is 5.40. The number of piperidine rings is 1. The summed E-state index contributed by atoms with van der Waals surface area (Å²) in [4.78, 5) is 13.6. The van der Waals surface area contributed by atoms with E-state index in [1.165, 1.54) is 36.8 Å². The van der Waals surface area contributed by atoms with Crippen molar-refractivity contribution in [2.45, 2.75) is 56.9 Å². The Hall–Kier alpha value is -1.51. The van der Waals surface area contributed by atoms with Crippen molar-refractivity contribution in [3.05, 3.63) is 29.3 Å². The van der Waals surface area contributed by atoms with Crippen molar-refractivity contribution in [3.8, 4) is 5.75 Å². The summed E-state index contributed by atoms with van der Waals surface area (Å²) < 4.78 is 5.76. The van der Waals surface area contributed by atoms with Crippen molar-refractivity contribution in [3.63, 3.8) is 0 Å². The molecule has 4 rings (SSSR count). The summed E-state index contributed by atoms with van der Waals surface area (Å²) in [5.74, 6) is 1.65. The van der Waals surface area contributed by atoms with Crippen molar-refractivity contribution >= 4 is 6.41 Å². The molecule has 0 aromatic heterocycles. The van der Waals surface area contributed by atoms with Gasteiger partial charge in [0.25, 0.3) is 0 Å². The topological polar surface area (TPSA) is 29.5 Å². The van der Waals surface area contributed by atoms with Crippen LogP contribution >= 0.6 is 0 Å². The highest BCUT2D eigenvalue weighted by molar-refractivity contribution is 5.52. The minimum atomic E-state index is 0.295. The lowest BCUT2D eigenvalue weighted by atomic mass is 9.52. The summed E-state index contributed by atoms with van der Waals surface area (Å²) in [6.45, 7) is 3.68. The Bertz CT molecular complexity index is 585. The molecule has 2 aliphatic carbocycles. The molecule has 1 amide bonds. The number of benzene rings is 1. The number of fused-ring (bicyclic) bond motifs is 1. The van der Waals surface area contributed by atoms with Gasteiger partial charge in [0.15, 0.2) is 0 Å². The van der Waals surface area contributed by atoms with Crippen molar-refractivity contribution in [2.75, 3.05) is 13.2 Å². The smallest absolute Gasteiger partial charge is 0.209 e. The third-order valence-corrected chi connectivity index (χ3v) is 6.30. The number of carbonyl (C=O) groups excluding carboxylic acids is 1. The molecule has 3 atom stereocenters. The molecule has 0 N–H and O–H groups in total. The fraction of sp³-hybridized carbons (Fsp3) is 0.632. The van der Waals surface area contributed by atoms with Gasteiger partial charge in [-0.05, 0) is 61.8 Å². The molecule has 1 unspecified atom stereocenters. The maximum absolute atomic E-state index is 11.5. The first-order chi connectivity index (χ1) is 10.8. The van der Waals surface area contributed by atoms with Crippen molar-refractivity contribution in [1.82, 2.24) is 4.90 Å². The average Bonchev–Trinajstić information content (AvgIpc) is 2.56. The molecule has 1 aromatic carbocycles. The van der Waals surface area contributed by atoms with Gasteiger partial charge in [-0.25, -0.2) is 0 Å². The minimum Gasteiger partial charge on any atom is -0.494 e. The second-order valence-electron chi connectivity index (χ2n) is 7.13. The van der Waals surface area contributed by atoms with Crippen LogP contribution in [0.4, 0.5) is 0 Å². The molecule has 1 heterocycles. The van der Waals surface area contributed by atoms with Gasteiger partial charge in [0.05, 0.1) is 6.61 Å². The molecule has 22 heavy (non-hydrogen) atoms. The van der Waals surface area contributed by atoms with Gasteiger partial charge in [0.2, 0.25) is 6.41 Å². The Morgan fingerprint density at radius 2 is 2.27 bits per heavy atom. The molecule has 1 aromatic rings. The van der Waals surface area contributed by atoms with Crippen LogP contribution in [0.3, 0.4) is 0 Å². The van der Waals surface area contributed by atoms with E-state index in [4.69, 9.17) is 4.74 Å². The maximum Gasteiger partial charge on any atom is 0.209 e. The zero-order chi connectivity index (χ0) is 15.2. The van der Waals surface area contributed by atoms with Crippen LogP contribution in [0.5, 0.6) is 5.75 Å². The van der Waals surface area contributed by atoms with Crippen LogP contribution in [0.1, 0.15) is 50.2 Å². The van der Waals surface area contributed by atoms with Gasteiger partial charge in [-0.15, -0.1) is 0 Å². The molecule has 0 spiro atoms. The SMILES string of the molecule is CCOc1ccc2c(c1)[C@@]13CCCCC1[C@@H](C2)N(C=O)CC3. The van der Waals surface area contributed by atoms with E-state index in [-0.39, 0.29) is 0 Å².